The standard InChI is InChI=1S/C16H16N4O4S2/c1-20(26(2,22)23)12-6-3-5-11(9-12)16(21)17-10-14-18-15(19-24-14)13-7-4-8-25-13/h3-9H,10H2,1-2H3,(H,17,21). The Morgan fingerprint density at radius 3 is 2.81 bits per heavy atom. The maximum atomic E-state index is 12.3. The predicted molar refractivity (Wildman–Crippen MR) is 98.5 cm³/mol. The van der Waals surface area contributed by atoms with Gasteiger partial charge in [-0.2, -0.15) is 4.98 Å². The average molecular weight is 392 g/mol. The van der Waals surface area contributed by atoms with Crippen molar-refractivity contribution in [3.63, 3.8) is 0 Å². The van der Waals surface area contributed by atoms with Crippen LogP contribution in [0.25, 0.3) is 10.7 Å². The number of nitrogens with one attached hydrogen (secondary N) is 1. The van der Waals surface area contributed by atoms with Gasteiger partial charge in [-0.05, 0) is 29.6 Å². The van der Waals surface area contributed by atoms with Crippen LogP contribution >= 0.6 is 11.3 Å². The summed E-state index contributed by atoms with van der Waals surface area (Å²) in [6.07, 6.45) is 1.10. The minimum atomic E-state index is -3.40. The summed E-state index contributed by atoms with van der Waals surface area (Å²) in [7, 11) is -1.98. The zero-order valence-corrected chi connectivity index (χ0v) is 15.7. The lowest BCUT2D eigenvalue weighted by atomic mass is 10.2. The van der Waals surface area contributed by atoms with Crippen molar-refractivity contribution >= 4 is 33.0 Å². The van der Waals surface area contributed by atoms with Crippen LogP contribution in [0.3, 0.4) is 0 Å². The van der Waals surface area contributed by atoms with Crippen molar-refractivity contribution in [3.05, 3.63) is 53.2 Å². The van der Waals surface area contributed by atoms with Gasteiger partial charge in [0.25, 0.3) is 5.91 Å². The molecular weight excluding hydrogens is 376 g/mol. The Kier molecular flexibility index (Phi) is 5.05. The number of rotatable bonds is 6. The molecule has 0 bridgehead atoms. The third-order valence-electron chi connectivity index (χ3n) is 3.58. The highest BCUT2D eigenvalue weighted by Crippen LogP contribution is 2.21. The monoisotopic (exact) mass is 392 g/mol. The molecule has 3 aromatic rings. The molecule has 1 N–H and O–H groups in total. The summed E-state index contributed by atoms with van der Waals surface area (Å²) in [6.45, 7) is 0.0728. The number of sulfonamides is 1. The molecule has 2 heterocycles. The molecule has 0 aliphatic carbocycles. The van der Waals surface area contributed by atoms with Crippen molar-refractivity contribution in [1.29, 1.82) is 0 Å². The first-order chi connectivity index (χ1) is 12.3. The van der Waals surface area contributed by atoms with Crippen LogP contribution in [0.1, 0.15) is 16.2 Å². The van der Waals surface area contributed by atoms with E-state index in [1.807, 2.05) is 17.5 Å². The molecule has 1 aromatic carbocycles. The number of carbonyl (C=O) groups excluding carboxylic acids is 1. The first-order valence-electron chi connectivity index (χ1n) is 7.53. The molecule has 2 aromatic heterocycles. The van der Waals surface area contributed by atoms with Crippen molar-refractivity contribution in [2.45, 2.75) is 6.54 Å². The molecular formula is C16H16N4O4S2. The molecule has 10 heteroatoms. The van der Waals surface area contributed by atoms with Crippen molar-refractivity contribution < 1.29 is 17.7 Å². The second-order valence-corrected chi connectivity index (χ2v) is 8.41. The summed E-state index contributed by atoms with van der Waals surface area (Å²) in [5.41, 5.74) is 0.730. The summed E-state index contributed by atoms with van der Waals surface area (Å²) in [5.74, 6) is 0.386. The van der Waals surface area contributed by atoms with Gasteiger partial charge in [0.05, 0.1) is 23.4 Å². The summed E-state index contributed by atoms with van der Waals surface area (Å²) >= 11 is 1.49. The molecule has 26 heavy (non-hydrogen) atoms. The van der Waals surface area contributed by atoms with Crippen LogP contribution in [0.4, 0.5) is 5.69 Å². The number of hydrogen-bond donors (Lipinski definition) is 1. The lowest BCUT2D eigenvalue weighted by molar-refractivity contribution is 0.0946. The largest absolute Gasteiger partial charge is 0.343 e. The number of aromatic nitrogens is 2. The van der Waals surface area contributed by atoms with Crippen LogP contribution in [0, 0.1) is 0 Å². The van der Waals surface area contributed by atoms with E-state index in [2.05, 4.69) is 15.5 Å². The quantitative estimate of drug-likeness (QED) is 0.689. The minimum absolute atomic E-state index is 0.0728. The fourth-order valence-electron chi connectivity index (χ4n) is 2.12. The van der Waals surface area contributed by atoms with Gasteiger partial charge in [0.2, 0.25) is 21.7 Å². The average Bonchev–Trinajstić information content (AvgIpc) is 3.29. The van der Waals surface area contributed by atoms with Crippen LogP contribution in [0.5, 0.6) is 0 Å². The van der Waals surface area contributed by atoms with Gasteiger partial charge in [-0.3, -0.25) is 9.10 Å². The van der Waals surface area contributed by atoms with Crippen molar-refractivity contribution in [2.24, 2.45) is 0 Å². The van der Waals surface area contributed by atoms with Gasteiger partial charge in [0.15, 0.2) is 0 Å². The molecule has 3 rings (SSSR count). The molecule has 0 radical (unpaired) electrons. The smallest absolute Gasteiger partial charge is 0.251 e. The van der Waals surface area contributed by atoms with Crippen LogP contribution in [0.2, 0.25) is 0 Å². The van der Waals surface area contributed by atoms with Crippen LogP contribution < -0.4 is 9.62 Å². The first-order valence-corrected chi connectivity index (χ1v) is 10.3. The molecule has 1 amide bonds. The fourth-order valence-corrected chi connectivity index (χ4v) is 3.27. The highest BCUT2D eigenvalue weighted by atomic mass is 32.2. The van der Waals surface area contributed by atoms with E-state index in [0.29, 0.717) is 17.1 Å². The van der Waals surface area contributed by atoms with Gasteiger partial charge in [-0.15, -0.1) is 11.3 Å². The Morgan fingerprint density at radius 1 is 1.31 bits per heavy atom. The Balaban J connectivity index is 1.67. The van der Waals surface area contributed by atoms with E-state index >= 15 is 0 Å². The van der Waals surface area contributed by atoms with E-state index in [4.69, 9.17) is 4.52 Å². The molecule has 0 aliphatic rings. The van der Waals surface area contributed by atoms with E-state index in [0.717, 1.165) is 15.4 Å². The number of nitrogens with zero attached hydrogens (tertiary/aromatic N) is 3. The zero-order chi connectivity index (χ0) is 18.7. The maximum Gasteiger partial charge on any atom is 0.251 e. The molecule has 0 atom stereocenters. The molecule has 0 saturated heterocycles. The summed E-state index contributed by atoms with van der Waals surface area (Å²) < 4.78 is 29.5. The number of thiophene rings is 1. The number of hydrogen-bond acceptors (Lipinski definition) is 7. The Morgan fingerprint density at radius 2 is 2.12 bits per heavy atom. The van der Waals surface area contributed by atoms with Gasteiger partial charge >= 0.3 is 0 Å². The zero-order valence-electron chi connectivity index (χ0n) is 14.0. The Hall–Kier alpha value is -2.72. The van der Waals surface area contributed by atoms with Crippen LogP contribution in [0.15, 0.2) is 46.3 Å². The normalized spacial score (nSPS) is 11.3. The molecule has 0 aliphatic heterocycles. The highest BCUT2D eigenvalue weighted by molar-refractivity contribution is 7.92. The van der Waals surface area contributed by atoms with Crippen molar-refractivity contribution in [2.75, 3.05) is 17.6 Å². The SMILES string of the molecule is CN(c1cccc(C(=O)NCc2nc(-c3cccs3)no2)c1)S(C)(=O)=O. The summed E-state index contributed by atoms with van der Waals surface area (Å²) in [6, 6.07) is 10.1. The van der Waals surface area contributed by atoms with E-state index in [1.54, 1.807) is 18.2 Å². The van der Waals surface area contributed by atoms with E-state index < -0.39 is 10.0 Å². The van der Waals surface area contributed by atoms with Crippen LogP contribution in [-0.4, -0.2) is 37.8 Å². The fraction of sp³-hybridized carbons (Fsp3) is 0.188. The van der Waals surface area contributed by atoms with E-state index in [-0.39, 0.29) is 18.3 Å². The number of anilines is 1. The predicted octanol–water partition coefficient (Wildman–Crippen LogP) is 2.12. The molecule has 136 valence electrons. The lowest BCUT2D eigenvalue weighted by Crippen LogP contribution is -2.26. The molecule has 0 unspecified atom stereocenters. The lowest BCUT2D eigenvalue weighted by Gasteiger charge is -2.17. The molecule has 0 saturated carbocycles. The minimum Gasteiger partial charge on any atom is -0.343 e. The molecule has 0 spiro atoms. The number of amides is 1. The van der Waals surface area contributed by atoms with Crippen LogP contribution in [-0.2, 0) is 16.6 Å². The summed E-state index contributed by atoms with van der Waals surface area (Å²) in [5, 5.41) is 8.46. The van der Waals surface area contributed by atoms with Gasteiger partial charge in [0, 0.05) is 12.6 Å². The van der Waals surface area contributed by atoms with Gasteiger partial charge in [-0.25, -0.2) is 8.42 Å². The summed E-state index contributed by atoms with van der Waals surface area (Å²) in [4.78, 5) is 17.4. The van der Waals surface area contributed by atoms with Crippen molar-refractivity contribution in [3.8, 4) is 10.7 Å². The highest BCUT2D eigenvalue weighted by Gasteiger charge is 2.15. The second-order valence-electron chi connectivity index (χ2n) is 5.45. The topological polar surface area (TPSA) is 105 Å². The van der Waals surface area contributed by atoms with Crippen molar-refractivity contribution in [1.82, 2.24) is 15.5 Å². The third kappa shape index (κ3) is 4.09. The Labute approximate surface area is 154 Å². The molecule has 8 nitrogen and oxygen atoms in total. The number of benzene rings is 1. The van der Waals surface area contributed by atoms with E-state index in [9.17, 15) is 13.2 Å². The third-order valence-corrected chi connectivity index (χ3v) is 5.65. The van der Waals surface area contributed by atoms with E-state index in [1.165, 1.54) is 24.5 Å². The second kappa shape index (κ2) is 7.26. The number of carbonyl (C=O) groups is 1. The van der Waals surface area contributed by atoms with Gasteiger partial charge in [0.1, 0.15) is 0 Å². The maximum absolute atomic E-state index is 12.3. The molecule has 0 fully saturated rings. The van der Waals surface area contributed by atoms with Gasteiger partial charge in [-0.1, -0.05) is 17.3 Å². The Bertz CT molecular complexity index is 1010. The first kappa shape index (κ1) is 18.1. The van der Waals surface area contributed by atoms with Gasteiger partial charge < -0.3 is 9.84 Å².